The van der Waals surface area contributed by atoms with Crippen molar-refractivity contribution in [2.24, 2.45) is 5.92 Å². The van der Waals surface area contributed by atoms with Gasteiger partial charge in [0.1, 0.15) is 0 Å². The van der Waals surface area contributed by atoms with Gasteiger partial charge in [-0.2, -0.15) is 0 Å². The van der Waals surface area contributed by atoms with Crippen molar-refractivity contribution >= 4 is 0 Å². The van der Waals surface area contributed by atoms with Crippen molar-refractivity contribution in [3.8, 4) is 0 Å². The maximum Gasteiger partial charge on any atom is 0.248 e. The Labute approximate surface area is 58.4 Å². The summed E-state index contributed by atoms with van der Waals surface area (Å²) in [6.07, 6.45) is 1.36. The average Bonchev–Trinajstić information content (AvgIpc) is 2.44. The summed E-state index contributed by atoms with van der Waals surface area (Å²) in [5.74, 6) is -2.11. The smallest absolute Gasteiger partial charge is 0.248 e. The van der Waals surface area contributed by atoms with Gasteiger partial charge in [0.25, 0.3) is 0 Å². The standard InChI is InChI=1S/C7H10F2O/c8-7(9)2-5(3-7)1-6-4-10-6/h5-6H,1-4H2. The number of alkyl halides is 2. The van der Waals surface area contributed by atoms with Gasteiger partial charge < -0.3 is 4.74 Å². The van der Waals surface area contributed by atoms with E-state index in [4.69, 9.17) is 4.74 Å². The van der Waals surface area contributed by atoms with E-state index >= 15 is 0 Å². The van der Waals surface area contributed by atoms with Crippen LogP contribution in [0.15, 0.2) is 0 Å². The van der Waals surface area contributed by atoms with E-state index in [0.717, 1.165) is 13.0 Å². The normalized spacial score (nSPS) is 37.2. The Hall–Kier alpha value is -0.180. The molecule has 0 aromatic heterocycles. The monoisotopic (exact) mass is 148 g/mol. The Balaban J connectivity index is 1.69. The molecule has 0 N–H and O–H groups in total. The van der Waals surface area contributed by atoms with Gasteiger partial charge in [-0.25, -0.2) is 8.78 Å². The highest BCUT2D eigenvalue weighted by molar-refractivity contribution is 4.89. The molecule has 0 spiro atoms. The summed E-state index contributed by atoms with van der Waals surface area (Å²) in [6.45, 7) is 0.794. The Bertz CT molecular complexity index is 132. The number of ether oxygens (including phenoxy) is 1. The van der Waals surface area contributed by atoms with E-state index in [9.17, 15) is 8.78 Å². The summed E-state index contributed by atoms with van der Waals surface area (Å²) in [5, 5.41) is 0. The van der Waals surface area contributed by atoms with Gasteiger partial charge in [-0.1, -0.05) is 0 Å². The Morgan fingerprint density at radius 2 is 2.00 bits per heavy atom. The molecule has 1 nitrogen and oxygen atoms in total. The van der Waals surface area contributed by atoms with E-state index in [1.54, 1.807) is 0 Å². The van der Waals surface area contributed by atoms with Gasteiger partial charge in [0.05, 0.1) is 12.7 Å². The lowest BCUT2D eigenvalue weighted by Gasteiger charge is -2.34. The third-order valence-corrected chi connectivity index (χ3v) is 2.17. The predicted octanol–water partition coefficient (Wildman–Crippen LogP) is 1.82. The summed E-state index contributed by atoms with van der Waals surface area (Å²) in [7, 11) is 0. The summed E-state index contributed by atoms with van der Waals surface area (Å²) >= 11 is 0. The SMILES string of the molecule is FC1(F)CC(CC2CO2)C1. The highest BCUT2D eigenvalue weighted by atomic mass is 19.3. The van der Waals surface area contributed by atoms with E-state index in [0.29, 0.717) is 6.10 Å². The highest BCUT2D eigenvalue weighted by Crippen LogP contribution is 2.45. The molecule has 1 unspecified atom stereocenters. The fourth-order valence-corrected chi connectivity index (χ4v) is 1.53. The molecule has 0 aromatic carbocycles. The van der Waals surface area contributed by atoms with Crippen LogP contribution in [0.5, 0.6) is 0 Å². The highest BCUT2D eigenvalue weighted by Gasteiger charge is 2.46. The molecule has 1 saturated heterocycles. The zero-order valence-electron chi connectivity index (χ0n) is 5.65. The first kappa shape index (κ1) is 6.53. The zero-order valence-corrected chi connectivity index (χ0v) is 5.65. The molecule has 2 rings (SSSR count). The van der Waals surface area contributed by atoms with E-state index in [1.807, 2.05) is 0 Å². The lowest BCUT2D eigenvalue weighted by molar-refractivity contribution is -0.113. The van der Waals surface area contributed by atoms with Crippen LogP contribution in [0.3, 0.4) is 0 Å². The Kier molecular flexibility index (Phi) is 1.24. The average molecular weight is 148 g/mol. The lowest BCUT2D eigenvalue weighted by atomic mass is 9.78. The second-order valence-electron chi connectivity index (χ2n) is 3.32. The molecule has 1 aliphatic carbocycles. The fraction of sp³-hybridized carbons (Fsp3) is 1.00. The second-order valence-corrected chi connectivity index (χ2v) is 3.32. The largest absolute Gasteiger partial charge is 0.373 e. The number of epoxide rings is 1. The van der Waals surface area contributed by atoms with Crippen molar-refractivity contribution in [1.29, 1.82) is 0 Å². The lowest BCUT2D eigenvalue weighted by Crippen LogP contribution is -2.35. The molecule has 1 heterocycles. The topological polar surface area (TPSA) is 12.5 Å². The zero-order chi connectivity index (χ0) is 7.19. The third-order valence-electron chi connectivity index (χ3n) is 2.17. The predicted molar refractivity (Wildman–Crippen MR) is 32.0 cm³/mol. The van der Waals surface area contributed by atoms with Crippen LogP contribution in [-0.2, 0) is 4.74 Å². The molecule has 2 fully saturated rings. The van der Waals surface area contributed by atoms with Gasteiger partial charge in [-0.05, 0) is 12.3 Å². The number of halogens is 2. The summed E-state index contributed by atoms with van der Waals surface area (Å²) < 4.78 is 29.4. The van der Waals surface area contributed by atoms with Gasteiger partial charge in [-0.3, -0.25) is 0 Å². The fourth-order valence-electron chi connectivity index (χ4n) is 1.53. The van der Waals surface area contributed by atoms with E-state index < -0.39 is 5.92 Å². The minimum Gasteiger partial charge on any atom is -0.373 e. The number of rotatable bonds is 2. The first-order chi connectivity index (χ1) is 4.66. The quantitative estimate of drug-likeness (QED) is 0.544. The minimum absolute atomic E-state index is 0.0901. The van der Waals surface area contributed by atoms with E-state index in [1.165, 1.54) is 0 Å². The Morgan fingerprint density at radius 1 is 1.40 bits per heavy atom. The molecule has 1 saturated carbocycles. The van der Waals surface area contributed by atoms with Gasteiger partial charge in [0.2, 0.25) is 5.92 Å². The van der Waals surface area contributed by atoms with Crippen LogP contribution in [0.25, 0.3) is 0 Å². The van der Waals surface area contributed by atoms with Crippen molar-refractivity contribution in [2.75, 3.05) is 6.61 Å². The molecular formula is C7H10F2O. The molecule has 0 amide bonds. The number of hydrogen-bond donors (Lipinski definition) is 0. The number of hydrogen-bond acceptors (Lipinski definition) is 1. The van der Waals surface area contributed by atoms with Crippen molar-refractivity contribution < 1.29 is 13.5 Å². The molecule has 0 radical (unpaired) electrons. The first-order valence-corrected chi connectivity index (χ1v) is 3.65. The molecule has 0 aromatic rings. The summed E-state index contributed by atoms with van der Waals surface area (Å²) in [6, 6.07) is 0. The molecule has 10 heavy (non-hydrogen) atoms. The first-order valence-electron chi connectivity index (χ1n) is 3.65. The van der Waals surface area contributed by atoms with Gasteiger partial charge in [-0.15, -0.1) is 0 Å². The van der Waals surface area contributed by atoms with E-state index in [2.05, 4.69) is 0 Å². The molecule has 1 aliphatic heterocycles. The van der Waals surface area contributed by atoms with Crippen LogP contribution in [0.1, 0.15) is 19.3 Å². The minimum atomic E-state index is -2.35. The summed E-state index contributed by atoms with van der Waals surface area (Å²) in [5.41, 5.74) is 0. The van der Waals surface area contributed by atoms with E-state index in [-0.39, 0.29) is 18.8 Å². The maximum absolute atomic E-state index is 12.2. The molecule has 3 heteroatoms. The van der Waals surface area contributed by atoms with Gasteiger partial charge in [0, 0.05) is 12.8 Å². The third kappa shape index (κ3) is 1.29. The Morgan fingerprint density at radius 3 is 2.40 bits per heavy atom. The van der Waals surface area contributed by atoms with Crippen LogP contribution in [0.4, 0.5) is 8.78 Å². The molecule has 58 valence electrons. The molecule has 0 bridgehead atoms. The van der Waals surface area contributed by atoms with Crippen molar-refractivity contribution in [2.45, 2.75) is 31.3 Å². The molecule has 2 aliphatic rings. The molecule has 1 atom stereocenters. The van der Waals surface area contributed by atoms with Gasteiger partial charge in [0.15, 0.2) is 0 Å². The van der Waals surface area contributed by atoms with Crippen LogP contribution in [0, 0.1) is 5.92 Å². The maximum atomic E-state index is 12.2. The van der Waals surface area contributed by atoms with Crippen molar-refractivity contribution in [3.05, 3.63) is 0 Å². The van der Waals surface area contributed by atoms with Crippen LogP contribution >= 0.6 is 0 Å². The van der Waals surface area contributed by atoms with Crippen LogP contribution in [0.2, 0.25) is 0 Å². The van der Waals surface area contributed by atoms with Crippen LogP contribution < -0.4 is 0 Å². The van der Waals surface area contributed by atoms with Crippen molar-refractivity contribution in [3.63, 3.8) is 0 Å². The molecular weight excluding hydrogens is 138 g/mol. The second kappa shape index (κ2) is 1.91. The van der Waals surface area contributed by atoms with Crippen molar-refractivity contribution in [1.82, 2.24) is 0 Å². The summed E-state index contributed by atoms with van der Waals surface area (Å²) in [4.78, 5) is 0. The van der Waals surface area contributed by atoms with Gasteiger partial charge >= 0.3 is 0 Å². The van der Waals surface area contributed by atoms with Crippen LogP contribution in [-0.4, -0.2) is 18.6 Å².